The Kier molecular flexibility index (Phi) is 3.88. The van der Waals surface area contributed by atoms with E-state index in [2.05, 4.69) is 0 Å². The predicted molar refractivity (Wildman–Crippen MR) is 55.9 cm³/mol. The highest BCUT2D eigenvalue weighted by molar-refractivity contribution is 5.91. The fourth-order valence-electron chi connectivity index (χ4n) is 1.33. The van der Waals surface area contributed by atoms with E-state index in [1.807, 2.05) is 0 Å². The molecule has 0 aromatic heterocycles. The van der Waals surface area contributed by atoms with E-state index in [0.29, 0.717) is 12.0 Å². The number of aliphatic carboxylic acids is 1. The summed E-state index contributed by atoms with van der Waals surface area (Å²) < 4.78 is 4.89. The van der Waals surface area contributed by atoms with Crippen LogP contribution in [0.4, 0.5) is 0 Å². The van der Waals surface area contributed by atoms with E-state index in [9.17, 15) is 9.59 Å². The van der Waals surface area contributed by atoms with Crippen LogP contribution in [-0.4, -0.2) is 29.3 Å². The van der Waals surface area contributed by atoms with Crippen molar-refractivity contribution in [2.24, 2.45) is 0 Å². The van der Waals surface area contributed by atoms with Crippen molar-refractivity contribution in [2.45, 2.75) is 12.8 Å². The number of ether oxygens (including phenoxy) is 1. The number of methoxy groups -OCH3 is 1. The second kappa shape index (κ2) is 5.16. The molecule has 0 heterocycles. The summed E-state index contributed by atoms with van der Waals surface area (Å²) >= 11 is 0. The molecular formula is C11H12O5. The Hall–Kier alpha value is -2.04. The third kappa shape index (κ3) is 2.98. The van der Waals surface area contributed by atoms with Crippen LogP contribution in [0.3, 0.4) is 0 Å². The van der Waals surface area contributed by atoms with Gasteiger partial charge in [-0.05, 0) is 24.1 Å². The summed E-state index contributed by atoms with van der Waals surface area (Å²) in [7, 11) is 1.39. The average Bonchev–Trinajstić information content (AvgIpc) is 2.25. The maximum absolute atomic E-state index is 10.9. The van der Waals surface area contributed by atoms with Crippen LogP contribution in [0.25, 0.3) is 0 Å². The van der Waals surface area contributed by atoms with Gasteiger partial charge in [-0.3, -0.25) is 4.79 Å². The van der Waals surface area contributed by atoms with Gasteiger partial charge in [0.1, 0.15) is 11.3 Å². The number of hydrogen-bond acceptors (Lipinski definition) is 3. The lowest BCUT2D eigenvalue weighted by atomic mass is 10.1. The molecule has 0 radical (unpaired) electrons. The molecule has 0 unspecified atom stereocenters. The van der Waals surface area contributed by atoms with Crippen LogP contribution in [0.5, 0.6) is 5.75 Å². The molecule has 1 aromatic carbocycles. The van der Waals surface area contributed by atoms with E-state index >= 15 is 0 Å². The zero-order valence-electron chi connectivity index (χ0n) is 8.77. The molecule has 0 spiro atoms. The molecule has 0 aliphatic rings. The Balaban J connectivity index is 2.93. The van der Waals surface area contributed by atoms with Crippen molar-refractivity contribution >= 4 is 11.9 Å². The fourth-order valence-corrected chi connectivity index (χ4v) is 1.33. The summed E-state index contributed by atoms with van der Waals surface area (Å²) in [6.45, 7) is 0. The SMILES string of the molecule is COc1ccc(CCC(=O)O)cc1C(=O)O. The van der Waals surface area contributed by atoms with E-state index in [0.717, 1.165) is 0 Å². The molecule has 0 atom stereocenters. The number of rotatable bonds is 5. The maximum Gasteiger partial charge on any atom is 0.339 e. The van der Waals surface area contributed by atoms with Gasteiger partial charge in [-0.25, -0.2) is 4.79 Å². The Morgan fingerprint density at radius 3 is 2.50 bits per heavy atom. The molecule has 0 aliphatic carbocycles. The highest BCUT2D eigenvalue weighted by Gasteiger charge is 2.11. The molecule has 0 aliphatic heterocycles. The molecule has 0 saturated heterocycles. The van der Waals surface area contributed by atoms with Gasteiger partial charge in [0.05, 0.1) is 7.11 Å². The molecule has 1 rings (SSSR count). The van der Waals surface area contributed by atoms with Gasteiger partial charge in [0.15, 0.2) is 0 Å². The first kappa shape index (κ1) is 12.0. The van der Waals surface area contributed by atoms with Crippen molar-refractivity contribution in [3.05, 3.63) is 29.3 Å². The fraction of sp³-hybridized carbons (Fsp3) is 0.273. The maximum atomic E-state index is 10.9. The van der Waals surface area contributed by atoms with Crippen molar-refractivity contribution in [1.29, 1.82) is 0 Å². The standard InChI is InChI=1S/C11H12O5/c1-16-9-4-2-7(3-5-10(12)13)6-8(9)11(14)15/h2,4,6H,3,5H2,1H3,(H,12,13)(H,14,15). The summed E-state index contributed by atoms with van der Waals surface area (Å²) in [4.78, 5) is 21.2. The molecule has 1 aromatic rings. The van der Waals surface area contributed by atoms with Gasteiger partial charge in [-0.1, -0.05) is 6.07 Å². The van der Waals surface area contributed by atoms with Crippen molar-refractivity contribution in [1.82, 2.24) is 0 Å². The van der Waals surface area contributed by atoms with Crippen molar-refractivity contribution < 1.29 is 24.5 Å². The predicted octanol–water partition coefficient (Wildman–Crippen LogP) is 1.41. The highest BCUT2D eigenvalue weighted by atomic mass is 16.5. The lowest BCUT2D eigenvalue weighted by Crippen LogP contribution is -2.03. The molecule has 0 fully saturated rings. The van der Waals surface area contributed by atoms with Gasteiger partial charge in [-0.2, -0.15) is 0 Å². The number of aromatic carboxylic acids is 1. The van der Waals surface area contributed by atoms with E-state index in [-0.39, 0.29) is 17.7 Å². The van der Waals surface area contributed by atoms with Crippen molar-refractivity contribution in [3.8, 4) is 5.75 Å². The molecule has 0 amide bonds. The Bertz CT molecular complexity index is 411. The minimum absolute atomic E-state index is 0.0224. The second-order valence-corrected chi connectivity index (χ2v) is 3.23. The lowest BCUT2D eigenvalue weighted by Gasteiger charge is -2.06. The van der Waals surface area contributed by atoms with Crippen LogP contribution >= 0.6 is 0 Å². The first-order chi connectivity index (χ1) is 7.54. The van der Waals surface area contributed by atoms with Crippen LogP contribution in [0.2, 0.25) is 0 Å². The third-order valence-electron chi connectivity index (χ3n) is 2.12. The summed E-state index contributed by atoms with van der Waals surface area (Å²) in [6.07, 6.45) is 0.283. The van der Waals surface area contributed by atoms with E-state index in [1.165, 1.54) is 19.2 Å². The Morgan fingerprint density at radius 1 is 1.31 bits per heavy atom. The molecule has 0 bridgehead atoms. The number of hydrogen-bond donors (Lipinski definition) is 2. The highest BCUT2D eigenvalue weighted by Crippen LogP contribution is 2.20. The molecule has 16 heavy (non-hydrogen) atoms. The number of carbonyl (C=O) groups is 2. The van der Waals surface area contributed by atoms with Gasteiger partial charge in [0, 0.05) is 6.42 Å². The zero-order valence-corrected chi connectivity index (χ0v) is 8.77. The van der Waals surface area contributed by atoms with Crippen LogP contribution in [0.15, 0.2) is 18.2 Å². The largest absolute Gasteiger partial charge is 0.496 e. The van der Waals surface area contributed by atoms with E-state index in [1.54, 1.807) is 6.07 Å². The number of carboxylic acids is 2. The van der Waals surface area contributed by atoms with Crippen molar-refractivity contribution in [2.75, 3.05) is 7.11 Å². The minimum atomic E-state index is -1.09. The topological polar surface area (TPSA) is 83.8 Å². The van der Waals surface area contributed by atoms with E-state index < -0.39 is 11.9 Å². The first-order valence-corrected chi connectivity index (χ1v) is 4.66. The number of benzene rings is 1. The summed E-state index contributed by atoms with van der Waals surface area (Å²) in [5.74, 6) is -1.73. The minimum Gasteiger partial charge on any atom is -0.496 e. The summed E-state index contributed by atoms with van der Waals surface area (Å²) in [6, 6.07) is 4.62. The monoisotopic (exact) mass is 224 g/mol. The van der Waals surface area contributed by atoms with Gasteiger partial charge in [0.25, 0.3) is 0 Å². The Labute approximate surface area is 92.3 Å². The quantitative estimate of drug-likeness (QED) is 0.790. The molecule has 5 heteroatoms. The molecule has 5 nitrogen and oxygen atoms in total. The van der Waals surface area contributed by atoms with E-state index in [4.69, 9.17) is 14.9 Å². The van der Waals surface area contributed by atoms with Crippen molar-refractivity contribution in [3.63, 3.8) is 0 Å². The van der Waals surface area contributed by atoms with Gasteiger partial charge >= 0.3 is 11.9 Å². The normalized spacial score (nSPS) is 9.81. The Morgan fingerprint density at radius 2 is 2.00 bits per heavy atom. The smallest absolute Gasteiger partial charge is 0.339 e. The molecule has 2 N–H and O–H groups in total. The number of carboxylic acid groups (broad SMARTS) is 2. The summed E-state index contributed by atoms with van der Waals surface area (Å²) in [5.41, 5.74) is 0.714. The third-order valence-corrected chi connectivity index (χ3v) is 2.12. The van der Waals surface area contributed by atoms with Crippen LogP contribution in [-0.2, 0) is 11.2 Å². The average molecular weight is 224 g/mol. The zero-order chi connectivity index (χ0) is 12.1. The van der Waals surface area contributed by atoms with Crippen LogP contribution in [0, 0.1) is 0 Å². The van der Waals surface area contributed by atoms with Gasteiger partial charge in [-0.15, -0.1) is 0 Å². The number of aryl methyl sites for hydroxylation is 1. The molecule has 0 saturated carbocycles. The second-order valence-electron chi connectivity index (χ2n) is 3.23. The van der Waals surface area contributed by atoms with Gasteiger partial charge < -0.3 is 14.9 Å². The first-order valence-electron chi connectivity index (χ1n) is 4.66. The van der Waals surface area contributed by atoms with Crippen LogP contribution < -0.4 is 4.74 Å². The lowest BCUT2D eigenvalue weighted by molar-refractivity contribution is -0.136. The van der Waals surface area contributed by atoms with Gasteiger partial charge in [0.2, 0.25) is 0 Å². The summed E-state index contributed by atoms with van der Waals surface area (Å²) in [5, 5.41) is 17.4. The molecule has 86 valence electrons. The molecular weight excluding hydrogens is 212 g/mol. The van der Waals surface area contributed by atoms with Crippen LogP contribution in [0.1, 0.15) is 22.3 Å².